The first-order valence-corrected chi connectivity index (χ1v) is 10.2. The van der Waals surface area contributed by atoms with Gasteiger partial charge in [0.05, 0.1) is 0 Å². The van der Waals surface area contributed by atoms with Gasteiger partial charge < -0.3 is 15.1 Å². The van der Waals surface area contributed by atoms with E-state index in [9.17, 15) is 9.59 Å². The second-order valence-electron chi connectivity index (χ2n) is 8.46. The Kier molecular flexibility index (Phi) is 6.52. The number of H-pyrrole nitrogens is 1. The average molecular weight is 396 g/mol. The van der Waals surface area contributed by atoms with E-state index in [-0.39, 0.29) is 17.2 Å². The Labute approximate surface area is 172 Å². The molecule has 0 saturated carbocycles. The van der Waals surface area contributed by atoms with Gasteiger partial charge in [0.2, 0.25) is 5.91 Å². The number of nitrogens with zero attached hydrogens (tertiary/aromatic N) is 2. The highest BCUT2D eigenvalue weighted by atomic mass is 16.2. The lowest BCUT2D eigenvalue weighted by Gasteiger charge is -2.35. The van der Waals surface area contributed by atoms with Crippen LogP contribution >= 0.6 is 0 Å². The highest BCUT2D eigenvalue weighted by molar-refractivity contribution is 5.94. The topological polar surface area (TPSA) is 66.8 Å². The lowest BCUT2D eigenvalue weighted by molar-refractivity contribution is -0.377. The Balaban J connectivity index is 1.41. The maximum Gasteiger partial charge on any atom is 0.251 e. The molecular formula is C23H31N4O2+. The third kappa shape index (κ3) is 5.56. The highest BCUT2D eigenvalue weighted by Gasteiger charge is 2.21. The van der Waals surface area contributed by atoms with Gasteiger partial charge in [-0.1, -0.05) is 32.9 Å². The number of nitrogens with one attached hydrogen (secondary N) is 2. The molecule has 154 valence electrons. The molecule has 0 radical (unpaired) electrons. The predicted molar refractivity (Wildman–Crippen MR) is 114 cm³/mol. The molecule has 1 fully saturated rings. The largest absolute Gasteiger partial charge is 0.368 e. The van der Waals surface area contributed by atoms with Crippen LogP contribution in [-0.2, 0) is 10.2 Å². The average Bonchev–Trinajstić information content (AvgIpc) is 2.74. The Morgan fingerprint density at radius 2 is 1.59 bits per heavy atom. The molecule has 1 saturated heterocycles. The van der Waals surface area contributed by atoms with E-state index >= 15 is 0 Å². The van der Waals surface area contributed by atoms with E-state index in [0.29, 0.717) is 31.6 Å². The van der Waals surface area contributed by atoms with Crippen LogP contribution in [-0.4, -0.2) is 49.4 Å². The van der Waals surface area contributed by atoms with Crippen molar-refractivity contribution in [3.63, 3.8) is 0 Å². The summed E-state index contributed by atoms with van der Waals surface area (Å²) >= 11 is 0. The van der Waals surface area contributed by atoms with E-state index < -0.39 is 0 Å². The minimum Gasteiger partial charge on any atom is -0.368 e. The molecule has 1 aromatic heterocycles. The number of benzene rings is 1. The number of aromatic amines is 1. The lowest BCUT2D eigenvalue weighted by Crippen LogP contribution is -2.49. The SMILES string of the molecule is CC(C)(C)c1ccc(C(=O)NCCC(=O)N2CCN(c3cc[nH+]cc3)CC2)cc1. The highest BCUT2D eigenvalue weighted by Crippen LogP contribution is 2.22. The fraction of sp³-hybridized carbons (Fsp3) is 0.435. The summed E-state index contributed by atoms with van der Waals surface area (Å²) in [5.41, 5.74) is 3.04. The second kappa shape index (κ2) is 9.07. The number of aromatic nitrogens is 1. The summed E-state index contributed by atoms with van der Waals surface area (Å²) in [6.07, 6.45) is 4.14. The molecule has 0 spiro atoms. The summed E-state index contributed by atoms with van der Waals surface area (Å²) < 4.78 is 0. The van der Waals surface area contributed by atoms with E-state index in [1.807, 2.05) is 53.7 Å². The first-order valence-electron chi connectivity index (χ1n) is 10.2. The molecule has 6 heteroatoms. The van der Waals surface area contributed by atoms with Crippen LogP contribution < -0.4 is 15.2 Å². The van der Waals surface area contributed by atoms with Gasteiger partial charge in [-0.2, -0.15) is 0 Å². The van der Waals surface area contributed by atoms with E-state index in [4.69, 9.17) is 0 Å². The fourth-order valence-corrected chi connectivity index (χ4v) is 3.47. The molecule has 2 heterocycles. The van der Waals surface area contributed by atoms with Gasteiger partial charge in [-0.15, -0.1) is 0 Å². The van der Waals surface area contributed by atoms with E-state index in [0.717, 1.165) is 13.1 Å². The number of piperazine rings is 1. The van der Waals surface area contributed by atoms with Gasteiger partial charge in [0, 0.05) is 62.5 Å². The molecule has 0 atom stereocenters. The third-order valence-corrected chi connectivity index (χ3v) is 5.34. The second-order valence-corrected chi connectivity index (χ2v) is 8.46. The van der Waals surface area contributed by atoms with Crippen molar-refractivity contribution in [2.75, 3.05) is 37.6 Å². The Morgan fingerprint density at radius 1 is 0.966 bits per heavy atom. The quantitative estimate of drug-likeness (QED) is 0.845. The summed E-state index contributed by atoms with van der Waals surface area (Å²) in [6, 6.07) is 11.8. The van der Waals surface area contributed by atoms with Gasteiger partial charge in [0.1, 0.15) is 0 Å². The van der Waals surface area contributed by atoms with E-state index in [1.54, 1.807) is 0 Å². The Bertz CT molecular complexity index is 820. The number of rotatable bonds is 5. The van der Waals surface area contributed by atoms with Crippen LogP contribution in [0.2, 0.25) is 0 Å². The first kappa shape index (κ1) is 20.8. The summed E-state index contributed by atoms with van der Waals surface area (Å²) in [7, 11) is 0. The maximum absolute atomic E-state index is 12.5. The number of carbonyl (C=O) groups is 2. The molecule has 1 aromatic carbocycles. The summed E-state index contributed by atoms with van der Waals surface area (Å²) in [5.74, 6) is -0.0432. The Hall–Kier alpha value is -2.89. The molecule has 0 aliphatic carbocycles. The lowest BCUT2D eigenvalue weighted by atomic mass is 9.87. The van der Waals surface area contributed by atoms with Gasteiger partial charge >= 0.3 is 0 Å². The minimum absolute atomic E-state index is 0.0599. The van der Waals surface area contributed by atoms with Crippen molar-refractivity contribution in [3.8, 4) is 0 Å². The van der Waals surface area contributed by atoms with Crippen LogP contribution in [0.5, 0.6) is 0 Å². The molecule has 0 bridgehead atoms. The fourth-order valence-electron chi connectivity index (χ4n) is 3.47. The van der Waals surface area contributed by atoms with Gasteiger partial charge in [0.15, 0.2) is 12.4 Å². The maximum atomic E-state index is 12.5. The van der Waals surface area contributed by atoms with Crippen molar-refractivity contribution in [2.45, 2.75) is 32.6 Å². The molecule has 2 aromatic rings. The van der Waals surface area contributed by atoms with Crippen LogP contribution in [0.1, 0.15) is 43.1 Å². The monoisotopic (exact) mass is 395 g/mol. The van der Waals surface area contributed by atoms with Crippen LogP contribution in [0.4, 0.5) is 5.69 Å². The van der Waals surface area contributed by atoms with Gasteiger partial charge in [-0.3, -0.25) is 9.59 Å². The number of carbonyl (C=O) groups excluding carboxylic acids is 2. The smallest absolute Gasteiger partial charge is 0.251 e. The van der Waals surface area contributed by atoms with Gasteiger partial charge in [-0.25, -0.2) is 4.98 Å². The molecule has 3 rings (SSSR count). The van der Waals surface area contributed by atoms with Crippen LogP contribution in [0.15, 0.2) is 48.8 Å². The third-order valence-electron chi connectivity index (χ3n) is 5.34. The zero-order chi connectivity index (χ0) is 20.9. The number of hydrogen-bond acceptors (Lipinski definition) is 3. The summed E-state index contributed by atoms with van der Waals surface area (Å²) in [6.45, 7) is 9.85. The number of hydrogen-bond donors (Lipinski definition) is 1. The Morgan fingerprint density at radius 3 is 2.17 bits per heavy atom. The van der Waals surface area contributed by atoms with Crippen molar-refractivity contribution in [2.24, 2.45) is 0 Å². The predicted octanol–water partition coefficient (Wildman–Crippen LogP) is 2.27. The zero-order valence-corrected chi connectivity index (χ0v) is 17.6. The van der Waals surface area contributed by atoms with E-state index in [1.165, 1.54) is 11.3 Å². The number of amides is 2. The molecular weight excluding hydrogens is 364 g/mol. The summed E-state index contributed by atoms with van der Waals surface area (Å²) in [5, 5.41) is 2.86. The minimum atomic E-state index is -0.135. The van der Waals surface area contributed by atoms with Crippen LogP contribution in [0.25, 0.3) is 0 Å². The van der Waals surface area contributed by atoms with Crippen molar-refractivity contribution in [1.29, 1.82) is 0 Å². The number of anilines is 1. The normalized spacial score (nSPS) is 14.6. The molecule has 2 N–H and O–H groups in total. The van der Waals surface area contributed by atoms with E-state index in [2.05, 4.69) is 36.0 Å². The standard InChI is InChI=1S/C23H30N4O2/c1-23(2,3)19-6-4-18(5-7-19)22(29)25-13-10-21(28)27-16-14-26(15-17-27)20-8-11-24-12-9-20/h4-9,11-12H,10,13-17H2,1-3H3,(H,25,29)/p+1. The molecule has 6 nitrogen and oxygen atoms in total. The molecule has 2 amide bonds. The van der Waals surface area contributed by atoms with Crippen molar-refractivity contribution in [3.05, 3.63) is 59.9 Å². The molecule has 0 unspecified atom stereocenters. The number of pyridine rings is 1. The van der Waals surface area contributed by atoms with Crippen molar-refractivity contribution in [1.82, 2.24) is 10.2 Å². The summed E-state index contributed by atoms with van der Waals surface area (Å²) in [4.78, 5) is 32.0. The first-order chi connectivity index (χ1) is 13.8. The van der Waals surface area contributed by atoms with Gasteiger partial charge in [0.25, 0.3) is 5.91 Å². The van der Waals surface area contributed by atoms with Crippen LogP contribution in [0.3, 0.4) is 0 Å². The van der Waals surface area contributed by atoms with Gasteiger partial charge in [-0.05, 0) is 23.1 Å². The molecule has 29 heavy (non-hydrogen) atoms. The van der Waals surface area contributed by atoms with Crippen molar-refractivity contribution < 1.29 is 14.6 Å². The van der Waals surface area contributed by atoms with Crippen molar-refractivity contribution >= 4 is 17.5 Å². The molecule has 1 aliphatic rings. The zero-order valence-electron chi connectivity index (χ0n) is 17.6. The van der Waals surface area contributed by atoms with Crippen LogP contribution in [0, 0.1) is 0 Å². The molecule has 1 aliphatic heterocycles.